The molecule has 0 fully saturated rings. The average Bonchev–Trinajstić information content (AvgIpc) is 2.40. The lowest BCUT2D eigenvalue weighted by atomic mass is 10.1. The molecule has 19 heavy (non-hydrogen) atoms. The predicted molar refractivity (Wildman–Crippen MR) is 76.4 cm³/mol. The molecular formula is C14H23NO3S. The monoisotopic (exact) mass is 285 g/mol. The van der Waals surface area contributed by atoms with E-state index in [1.165, 1.54) is 4.31 Å². The third-order valence-corrected chi connectivity index (χ3v) is 5.42. The summed E-state index contributed by atoms with van der Waals surface area (Å²) in [7, 11) is -1.83. The molecule has 1 N–H and O–H groups in total. The van der Waals surface area contributed by atoms with Crippen molar-refractivity contribution < 1.29 is 13.5 Å². The van der Waals surface area contributed by atoms with Crippen LogP contribution in [0.4, 0.5) is 0 Å². The highest BCUT2D eigenvalue weighted by Crippen LogP contribution is 2.21. The maximum atomic E-state index is 12.4. The van der Waals surface area contributed by atoms with Crippen LogP contribution in [0.5, 0.6) is 0 Å². The highest BCUT2D eigenvalue weighted by Gasteiger charge is 2.25. The van der Waals surface area contributed by atoms with Crippen molar-refractivity contribution in [1.29, 1.82) is 0 Å². The first-order valence-electron chi connectivity index (χ1n) is 6.60. The third kappa shape index (κ3) is 3.55. The minimum absolute atomic E-state index is 0.0152. The molecule has 1 rings (SSSR count). The largest absolute Gasteiger partial charge is 0.389 e. The van der Waals surface area contributed by atoms with Gasteiger partial charge in [-0.05, 0) is 37.5 Å². The van der Waals surface area contributed by atoms with E-state index in [0.717, 1.165) is 12.8 Å². The molecule has 1 unspecified atom stereocenters. The van der Waals surface area contributed by atoms with Gasteiger partial charge < -0.3 is 5.11 Å². The molecule has 0 aliphatic rings. The Balaban J connectivity index is 3.06. The van der Waals surface area contributed by atoms with Gasteiger partial charge in [0.25, 0.3) is 0 Å². The van der Waals surface area contributed by atoms with Crippen LogP contribution in [0.1, 0.15) is 45.3 Å². The molecule has 1 aromatic carbocycles. The van der Waals surface area contributed by atoms with Crippen molar-refractivity contribution in [2.24, 2.45) is 0 Å². The minimum Gasteiger partial charge on any atom is -0.389 e. The van der Waals surface area contributed by atoms with Crippen LogP contribution >= 0.6 is 0 Å². The quantitative estimate of drug-likeness (QED) is 0.874. The van der Waals surface area contributed by atoms with Gasteiger partial charge in [-0.2, -0.15) is 4.31 Å². The van der Waals surface area contributed by atoms with Crippen LogP contribution in [0, 0.1) is 0 Å². The number of aliphatic hydroxyl groups excluding tert-OH is 1. The Labute approximate surface area is 116 Å². The maximum absolute atomic E-state index is 12.4. The Bertz CT molecular complexity index is 490. The average molecular weight is 285 g/mol. The normalized spacial score (nSPS) is 14.1. The smallest absolute Gasteiger partial charge is 0.243 e. The Hall–Kier alpha value is -0.910. The zero-order valence-electron chi connectivity index (χ0n) is 12.0. The van der Waals surface area contributed by atoms with Crippen LogP contribution in [0.25, 0.3) is 0 Å². The summed E-state index contributed by atoms with van der Waals surface area (Å²) in [6, 6.07) is 6.42. The molecular weight excluding hydrogens is 262 g/mol. The highest BCUT2D eigenvalue weighted by molar-refractivity contribution is 7.89. The van der Waals surface area contributed by atoms with Gasteiger partial charge in [0.1, 0.15) is 0 Å². The zero-order valence-corrected chi connectivity index (χ0v) is 12.8. The Morgan fingerprint density at radius 3 is 2.00 bits per heavy atom. The van der Waals surface area contributed by atoms with E-state index in [1.54, 1.807) is 38.2 Å². The SMILES string of the molecule is CCC(CC)N(C)S(=O)(=O)c1ccc(C(C)O)cc1. The Morgan fingerprint density at radius 2 is 1.63 bits per heavy atom. The first kappa shape index (κ1) is 16.1. The van der Waals surface area contributed by atoms with Gasteiger partial charge in [-0.15, -0.1) is 0 Å². The second-order valence-electron chi connectivity index (χ2n) is 4.74. The molecule has 0 amide bonds. The molecule has 0 aliphatic heterocycles. The Morgan fingerprint density at radius 1 is 1.16 bits per heavy atom. The molecule has 0 bridgehead atoms. The summed E-state index contributed by atoms with van der Waals surface area (Å²) in [5.74, 6) is 0. The molecule has 5 heteroatoms. The number of benzene rings is 1. The van der Waals surface area contributed by atoms with Crippen LogP contribution in [0.2, 0.25) is 0 Å². The van der Waals surface area contributed by atoms with E-state index in [-0.39, 0.29) is 10.9 Å². The van der Waals surface area contributed by atoms with Gasteiger partial charge in [-0.3, -0.25) is 0 Å². The molecule has 0 aliphatic carbocycles. The van der Waals surface area contributed by atoms with Gasteiger partial charge in [0.2, 0.25) is 10.0 Å². The minimum atomic E-state index is -3.45. The van der Waals surface area contributed by atoms with Gasteiger partial charge in [0.05, 0.1) is 11.0 Å². The van der Waals surface area contributed by atoms with Crippen LogP contribution in [0.3, 0.4) is 0 Å². The second kappa shape index (κ2) is 6.50. The van der Waals surface area contributed by atoms with Gasteiger partial charge in [-0.25, -0.2) is 8.42 Å². The number of rotatable bonds is 6. The number of aliphatic hydroxyl groups is 1. The summed E-state index contributed by atoms with van der Waals surface area (Å²) < 4.78 is 26.3. The fraction of sp³-hybridized carbons (Fsp3) is 0.571. The molecule has 0 radical (unpaired) electrons. The van der Waals surface area contributed by atoms with Gasteiger partial charge in [0.15, 0.2) is 0 Å². The number of hydrogen-bond donors (Lipinski definition) is 1. The summed E-state index contributed by atoms with van der Waals surface area (Å²) in [6.07, 6.45) is 0.990. The van der Waals surface area contributed by atoms with Gasteiger partial charge >= 0.3 is 0 Å². The van der Waals surface area contributed by atoms with Crippen LogP contribution in [-0.2, 0) is 10.0 Å². The van der Waals surface area contributed by atoms with E-state index in [4.69, 9.17) is 0 Å². The lowest BCUT2D eigenvalue weighted by Gasteiger charge is -2.25. The van der Waals surface area contributed by atoms with Crippen LogP contribution < -0.4 is 0 Å². The number of hydrogen-bond acceptors (Lipinski definition) is 3. The summed E-state index contributed by atoms with van der Waals surface area (Å²) in [4.78, 5) is 0.270. The molecule has 1 aromatic rings. The fourth-order valence-corrected chi connectivity index (χ4v) is 3.59. The van der Waals surface area contributed by atoms with Gasteiger partial charge in [0, 0.05) is 13.1 Å². The van der Waals surface area contributed by atoms with E-state index in [0.29, 0.717) is 5.56 Å². The van der Waals surface area contributed by atoms with Crippen molar-refractivity contribution in [3.05, 3.63) is 29.8 Å². The fourth-order valence-electron chi connectivity index (χ4n) is 2.08. The van der Waals surface area contributed by atoms with Crippen molar-refractivity contribution >= 4 is 10.0 Å². The van der Waals surface area contributed by atoms with Crippen molar-refractivity contribution in [1.82, 2.24) is 4.31 Å². The van der Waals surface area contributed by atoms with Crippen LogP contribution in [0.15, 0.2) is 29.2 Å². The molecule has 0 aromatic heterocycles. The molecule has 0 heterocycles. The van der Waals surface area contributed by atoms with E-state index in [1.807, 2.05) is 13.8 Å². The molecule has 4 nitrogen and oxygen atoms in total. The molecule has 1 atom stereocenters. The lowest BCUT2D eigenvalue weighted by Crippen LogP contribution is -2.36. The lowest BCUT2D eigenvalue weighted by molar-refractivity contribution is 0.199. The summed E-state index contributed by atoms with van der Waals surface area (Å²) >= 11 is 0. The van der Waals surface area contributed by atoms with Crippen LogP contribution in [-0.4, -0.2) is 30.9 Å². The van der Waals surface area contributed by atoms with E-state index >= 15 is 0 Å². The molecule has 0 saturated heterocycles. The molecule has 108 valence electrons. The summed E-state index contributed by atoms with van der Waals surface area (Å²) in [5.41, 5.74) is 0.712. The van der Waals surface area contributed by atoms with E-state index < -0.39 is 16.1 Å². The first-order chi connectivity index (χ1) is 8.84. The standard InChI is InChI=1S/C14H23NO3S/c1-5-13(6-2)15(4)19(17,18)14-9-7-12(8-10-14)11(3)16/h7-11,13,16H,5-6H2,1-4H3. The zero-order chi connectivity index (χ0) is 14.6. The first-order valence-corrected chi connectivity index (χ1v) is 8.04. The summed E-state index contributed by atoms with van der Waals surface area (Å²) in [5, 5.41) is 9.43. The Kier molecular flexibility index (Phi) is 5.52. The number of sulfonamides is 1. The van der Waals surface area contributed by atoms with E-state index in [2.05, 4.69) is 0 Å². The highest BCUT2D eigenvalue weighted by atomic mass is 32.2. The number of nitrogens with zero attached hydrogens (tertiary/aromatic N) is 1. The second-order valence-corrected chi connectivity index (χ2v) is 6.73. The van der Waals surface area contributed by atoms with Crippen molar-refractivity contribution in [3.63, 3.8) is 0 Å². The van der Waals surface area contributed by atoms with E-state index in [9.17, 15) is 13.5 Å². The van der Waals surface area contributed by atoms with Gasteiger partial charge in [-0.1, -0.05) is 26.0 Å². The van der Waals surface area contributed by atoms with Crippen molar-refractivity contribution in [2.45, 2.75) is 50.7 Å². The summed E-state index contributed by atoms with van der Waals surface area (Å²) in [6.45, 7) is 5.62. The molecule has 0 saturated carbocycles. The molecule has 0 spiro atoms. The van der Waals surface area contributed by atoms with Crippen molar-refractivity contribution in [3.8, 4) is 0 Å². The van der Waals surface area contributed by atoms with Crippen molar-refractivity contribution in [2.75, 3.05) is 7.05 Å². The predicted octanol–water partition coefficient (Wildman–Crippen LogP) is 2.55. The topological polar surface area (TPSA) is 57.6 Å². The maximum Gasteiger partial charge on any atom is 0.243 e. The third-order valence-electron chi connectivity index (χ3n) is 3.50.